The van der Waals surface area contributed by atoms with Crippen molar-refractivity contribution in [3.05, 3.63) is 34.4 Å². The third-order valence-electron chi connectivity index (χ3n) is 2.90. The number of nitrogens with two attached hydrogens (primary N) is 1. The number of benzene rings is 1. The number of hydrogen-bond acceptors (Lipinski definition) is 2. The van der Waals surface area contributed by atoms with Crippen molar-refractivity contribution in [3.63, 3.8) is 0 Å². The Morgan fingerprint density at radius 1 is 1.28 bits per heavy atom. The lowest BCUT2D eigenvalue weighted by Gasteiger charge is -2.06. The molecule has 0 fully saturated rings. The maximum Gasteiger partial charge on any atom is 0.129 e. The summed E-state index contributed by atoms with van der Waals surface area (Å²) < 4.78 is 2.83. The summed E-state index contributed by atoms with van der Waals surface area (Å²) in [6, 6.07) is 8.20. The zero-order chi connectivity index (χ0) is 13.3. The average Bonchev–Trinajstić information content (AvgIpc) is 2.55. The van der Waals surface area contributed by atoms with Crippen molar-refractivity contribution in [3.8, 4) is 11.1 Å². The van der Waals surface area contributed by atoms with Crippen molar-refractivity contribution in [2.75, 3.05) is 5.73 Å². The molecular weight excluding hydrogens is 290 g/mol. The van der Waals surface area contributed by atoms with Crippen molar-refractivity contribution in [2.24, 2.45) is 13.0 Å². The zero-order valence-electron chi connectivity index (χ0n) is 10.9. The topological polar surface area (TPSA) is 43.8 Å². The second kappa shape index (κ2) is 5.14. The number of hydrogen-bond donors (Lipinski definition) is 1. The molecular formula is C14H18BrN3. The fourth-order valence-electron chi connectivity index (χ4n) is 2.06. The summed E-state index contributed by atoms with van der Waals surface area (Å²) in [5.41, 5.74) is 9.41. The number of halogens is 1. The van der Waals surface area contributed by atoms with Gasteiger partial charge in [-0.1, -0.05) is 41.9 Å². The van der Waals surface area contributed by atoms with Gasteiger partial charge in [0.25, 0.3) is 0 Å². The molecule has 0 radical (unpaired) electrons. The summed E-state index contributed by atoms with van der Waals surface area (Å²) in [5.74, 6) is 1.29. The molecule has 0 bridgehead atoms. The van der Waals surface area contributed by atoms with E-state index in [1.165, 1.54) is 0 Å². The van der Waals surface area contributed by atoms with Gasteiger partial charge in [0.15, 0.2) is 0 Å². The van der Waals surface area contributed by atoms with E-state index in [2.05, 4.69) is 47.0 Å². The van der Waals surface area contributed by atoms with Crippen LogP contribution in [0, 0.1) is 5.92 Å². The Morgan fingerprint density at radius 2 is 1.89 bits per heavy atom. The van der Waals surface area contributed by atoms with Crippen LogP contribution < -0.4 is 5.73 Å². The fraction of sp³-hybridized carbons (Fsp3) is 0.357. The number of anilines is 1. The molecule has 2 aromatic rings. The fourth-order valence-corrected chi connectivity index (χ4v) is 2.32. The van der Waals surface area contributed by atoms with Gasteiger partial charge in [-0.3, -0.25) is 4.68 Å². The standard InChI is InChI=1S/C14H18BrN3/c1-9(2)8-12-13(14(16)18(3)17-12)10-4-6-11(15)7-5-10/h4-7,9H,8,16H2,1-3H3. The van der Waals surface area contributed by atoms with E-state index in [-0.39, 0.29) is 0 Å². The molecule has 0 saturated heterocycles. The molecule has 2 rings (SSSR count). The first kappa shape index (κ1) is 13.1. The number of nitrogens with zero attached hydrogens (tertiary/aromatic N) is 2. The van der Waals surface area contributed by atoms with Gasteiger partial charge in [0.2, 0.25) is 0 Å². The normalized spacial score (nSPS) is 11.2. The molecule has 1 heterocycles. The SMILES string of the molecule is CC(C)Cc1nn(C)c(N)c1-c1ccc(Br)cc1. The van der Waals surface area contributed by atoms with Gasteiger partial charge < -0.3 is 5.73 Å². The minimum absolute atomic E-state index is 0.563. The molecule has 18 heavy (non-hydrogen) atoms. The van der Waals surface area contributed by atoms with Gasteiger partial charge in [-0.05, 0) is 30.0 Å². The predicted octanol–water partition coefficient (Wildman–Crippen LogP) is 3.63. The minimum Gasteiger partial charge on any atom is -0.383 e. The maximum atomic E-state index is 6.14. The van der Waals surface area contributed by atoms with Gasteiger partial charge in [-0.15, -0.1) is 0 Å². The van der Waals surface area contributed by atoms with E-state index in [0.717, 1.165) is 33.5 Å². The highest BCUT2D eigenvalue weighted by atomic mass is 79.9. The number of aromatic nitrogens is 2. The van der Waals surface area contributed by atoms with Gasteiger partial charge in [0, 0.05) is 17.1 Å². The van der Waals surface area contributed by atoms with Gasteiger partial charge in [0.05, 0.1) is 5.69 Å². The monoisotopic (exact) mass is 307 g/mol. The van der Waals surface area contributed by atoms with Crippen LogP contribution in [-0.2, 0) is 13.5 Å². The molecule has 0 aliphatic carbocycles. The Morgan fingerprint density at radius 3 is 2.44 bits per heavy atom. The lowest BCUT2D eigenvalue weighted by atomic mass is 10.00. The molecule has 4 heteroatoms. The Hall–Kier alpha value is -1.29. The molecule has 96 valence electrons. The van der Waals surface area contributed by atoms with Crippen molar-refractivity contribution in [1.29, 1.82) is 0 Å². The van der Waals surface area contributed by atoms with E-state index in [1.807, 2.05) is 19.2 Å². The smallest absolute Gasteiger partial charge is 0.129 e. The summed E-state index contributed by atoms with van der Waals surface area (Å²) in [6.07, 6.45) is 0.941. The first-order valence-electron chi connectivity index (χ1n) is 6.06. The third kappa shape index (κ3) is 2.58. The molecule has 0 unspecified atom stereocenters. The molecule has 3 nitrogen and oxygen atoms in total. The van der Waals surface area contributed by atoms with Gasteiger partial charge >= 0.3 is 0 Å². The molecule has 0 aliphatic rings. The van der Waals surface area contributed by atoms with Crippen LogP contribution in [0.2, 0.25) is 0 Å². The maximum absolute atomic E-state index is 6.14. The molecule has 0 atom stereocenters. The first-order chi connectivity index (χ1) is 8.49. The van der Waals surface area contributed by atoms with E-state index in [9.17, 15) is 0 Å². The Bertz CT molecular complexity index is 541. The third-order valence-corrected chi connectivity index (χ3v) is 3.43. The van der Waals surface area contributed by atoms with Crippen LogP contribution >= 0.6 is 15.9 Å². The second-order valence-electron chi connectivity index (χ2n) is 4.94. The molecule has 2 N–H and O–H groups in total. The van der Waals surface area contributed by atoms with Crippen LogP contribution in [0.5, 0.6) is 0 Å². The van der Waals surface area contributed by atoms with E-state index < -0.39 is 0 Å². The molecule has 0 amide bonds. The van der Waals surface area contributed by atoms with E-state index in [1.54, 1.807) is 4.68 Å². The number of aryl methyl sites for hydroxylation is 1. The molecule has 0 aliphatic heterocycles. The first-order valence-corrected chi connectivity index (χ1v) is 6.85. The summed E-state index contributed by atoms with van der Waals surface area (Å²) in [7, 11) is 1.89. The lowest BCUT2D eigenvalue weighted by molar-refractivity contribution is 0.622. The van der Waals surface area contributed by atoms with Crippen LogP contribution in [-0.4, -0.2) is 9.78 Å². The highest BCUT2D eigenvalue weighted by Gasteiger charge is 2.16. The van der Waals surface area contributed by atoms with Crippen molar-refractivity contribution >= 4 is 21.7 Å². The second-order valence-corrected chi connectivity index (χ2v) is 5.85. The minimum atomic E-state index is 0.563. The average molecular weight is 308 g/mol. The van der Waals surface area contributed by atoms with E-state index in [4.69, 9.17) is 5.73 Å². The molecule has 1 aromatic carbocycles. The van der Waals surface area contributed by atoms with Crippen LogP contribution in [0.25, 0.3) is 11.1 Å². The summed E-state index contributed by atoms with van der Waals surface area (Å²) in [5, 5.41) is 4.53. The highest BCUT2D eigenvalue weighted by Crippen LogP contribution is 2.31. The predicted molar refractivity (Wildman–Crippen MR) is 79.3 cm³/mol. The molecule has 0 spiro atoms. The van der Waals surface area contributed by atoms with Gasteiger partial charge in [0.1, 0.15) is 5.82 Å². The highest BCUT2D eigenvalue weighted by molar-refractivity contribution is 9.10. The Kier molecular flexibility index (Phi) is 3.76. The van der Waals surface area contributed by atoms with Gasteiger partial charge in [-0.2, -0.15) is 5.10 Å². The summed E-state index contributed by atoms with van der Waals surface area (Å²) >= 11 is 3.45. The number of nitrogen functional groups attached to an aromatic ring is 1. The van der Waals surface area contributed by atoms with Crippen molar-refractivity contribution in [2.45, 2.75) is 20.3 Å². The van der Waals surface area contributed by atoms with E-state index >= 15 is 0 Å². The van der Waals surface area contributed by atoms with Gasteiger partial charge in [-0.25, -0.2) is 0 Å². The van der Waals surface area contributed by atoms with Crippen molar-refractivity contribution in [1.82, 2.24) is 9.78 Å². The Balaban J connectivity index is 2.51. The van der Waals surface area contributed by atoms with Crippen LogP contribution in [0.4, 0.5) is 5.82 Å². The lowest BCUT2D eigenvalue weighted by Crippen LogP contribution is -1.98. The van der Waals surface area contributed by atoms with Crippen LogP contribution in [0.3, 0.4) is 0 Å². The molecule has 0 saturated carbocycles. The number of rotatable bonds is 3. The van der Waals surface area contributed by atoms with E-state index in [0.29, 0.717) is 5.92 Å². The zero-order valence-corrected chi connectivity index (χ0v) is 12.5. The van der Waals surface area contributed by atoms with Crippen molar-refractivity contribution < 1.29 is 0 Å². The quantitative estimate of drug-likeness (QED) is 0.941. The summed E-state index contributed by atoms with van der Waals surface area (Å²) in [4.78, 5) is 0. The van der Waals surface area contributed by atoms with Crippen LogP contribution in [0.15, 0.2) is 28.7 Å². The largest absolute Gasteiger partial charge is 0.383 e. The molecule has 1 aromatic heterocycles. The Labute approximate surface area is 116 Å². The van der Waals surface area contributed by atoms with Crippen LogP contribution in [0.1, 0.15) is 19.5 Å². The summed E-state index contributed by atoms with van der Waals surface area (Å²) in [6.45, 7) is 4.38.